The second-order valence-corrected chi connectivity index (χ2v) is 4.22. The van der Waals surface area contributed by atoms with Crippen LogP contribution in [0.5, 0.6) is 5.75 Å². The van der Waals surface area contributed by atoms with E-state index in [1.165, 1.54) is 0 Å². The van der Waals surface area contributed by atoms with E-state index in [9.17, 15) is 4.79 Å². The van der Waals surface area contributed by atoms with Gasteiger partial charge >= 0.3 is 0 Å². The lowest BCUT2D eigenvalue weighted by atomic mass is 10.1. The van der Waals surface area contributed by atoms with Gasteiger partial charge in [0.25, 0.3) is 0 Å². The van der Waals surface area contributed by atoms with Crippen LogP contribution in [0.2, 0.25) is 0 Å². The first kappa shape index (κ1) is 13.3. The van der Waals surface area contributed by atoms with Crippen LogP contribution in [0.3, 0.4) is 0 Å². The van der Waals surface area contributed by atoms with E-state index in [2.05, 4.69) is 5.10 Å². The zero-order valence-electron chi connectivity index (χ0n) is 11.5. The Kier molecular flexibility index (Phi) is 4.00. The van der Waals surface area contributed by atoms with Crippen LogP contribution in [0.4, 0.5) is 0 Å². The van der Waals surface area contributed by atoms with Crippen LogP contribution in [0.15, 0.2) is 24.3 Å². The molecule has 0 fully saturated rings. The molecule has 100 valence electrons. The van der Waals surface area contributed by atoms with E-state index in [0.29, 0.717) is 5.56 Å². The minimum atomic E-state index is 0.705. The van der Waals surface area contributed by atoms with Crippen LogP contribution in [0.25, 0.3) is 5.69 Å². The van der Waals surface area contributed by atoms with Gasteiger partial charge in [0.1, 0.15) is 11.4 Å². The predicted molar refractivity (Wildman–Crippen MR) is 74.3 cm³/mol. The van der Waals surface area contributed by atoms with Crippen molar-refractivity contribution in [3.63, 3.8) is 0 Å². The van der Waals surface area contributed by atoms with Crippen LogP contribution in [-0.4, -0.2) is 23.2 Å². The Morgan fingerprint density at radius 2 is 2.00 bits per heavy atom. The van der Waals surface area contributed by atoms with Crippen LogP contribution in [0.1, 0.15) is 35.6 Å². The fourth-order valence-corrected chi connectivity index (χ4v) is 2.26. The van der Waals surface area contributed by atoms with Crippen molar-refractivity contribution in [1.82, 2.24) is 9.78 Å². The molecule has 2 rings (SSSR count). The van der Waals surface area contributed by atoms with Gasteiger partial charge in [0.2, 0.25) is 0 Å². The highest BCUT2D eigenvalue weighted by molar-refractivity contribution is 5.79. The summed E-state index contributed by atoms with van der Waals surface area (Å²) < 4.78 is 7.19. The standard InChI is InChI=1S/C15H18N2O2/c1-4-12-11(10-18)13(5-2)17(16-12)14-8-6-7-9-15(14)19-3/h6-10H,4-5H2,1-3H3. The minimum Gasteiger partial charge on any atom is -0.494 e. The number of hydrogen-bond acceptors (Lipinski definition) is 3. The molecule has 19 heavy (non-hydrogen) atoms. The van der Waals surface area contributed by atoms with Gasteiger partial charge in [-0.2, -0.15) is 5.10 Å². The van der Waals surface area contributed by atoms with Crippen molar-refractivity contribution < 1.29 is 9.53 Å². The molecule has 0 saturated carbocycles. The highest BCUT2D eigenvalue weighted by Crippen LogP contribution is 2.25. The summed E-state index contributed by atoms with van der Waals surface area (Å²) in [6.07, 6.45) is 2.39. The van der Waals surface area contributed by atoms with Gasteiger partial charge in [-0.1, -0.05) is 26.0 Å². The minimum absolute atomic E-state index is 0.705. The van der Waals surface area contributed by atoms with Crippen LogP contribution >= 0.6 is 0 Å². The number of aromatic nitrogens is 2. The van der Waals surface area contributed by atoms with Crippen molar-refractivity contribution in [1.29, 1.82) is 0 Å². The van der Waals surface area contributed by atoms with Crippen molar-refractivity contribution in [3.8, 4) is 11.4 Å². The van der Waals surface area contributed by atoms with Crippen molar-refractivity contribution in [2.24, 2.45) is 0 Å². The summed E-state index contributed by atoms with van der Waals surface area (Å²) in [5.41, 5.74) is 3.33. The van der Waals surface area contributed by atoms with E-state index in [-0.39, 0.29) is 0 Å². The summed E-state index contributed by atoms with van der Waals surface area (Å²) in [6, 6.07) is 7.69. The number of para-hydroxylation sites is 2. The smallest absolute Gasteiger partial charge is 0.153 e. The molecule has 0 N–H and O–H groups in total. The monoisotopic (exact) mass is 258 g/mol. The molecule has 1 aromatic heterocycles. The predicted octanol–water partition coefficient (Wildman–Crippen LogP) is 2.82. The summed E-state index contributed by atoms with van der Waals surface area (Å²) in [7, 11) is 1.63. The number of carbonyl (C=O) groups excluding carboxylic acids is 1. The van der Waals surface area contributed by atoms with Crippen molar-refractivity contribution in [2.75, 3.05) is 7.11 Å². The number of ether oxygens (including phenoxy) is 1. The molecule has 0 bridgehead atoms. The Labute approximate surface area is 113 Å². The highest BCUT2D eigenvalue weighted by atomic mass is 16.5. The first-order valence-electron chi connectivity index (χ1n) is 6.46. The highest BCUT2D eigenvalue weighted by Gasteiger charge is 2.17. The lowest BCUT2D eigenvalue weighted by Crippen LogP contribution is -2.04. The van der Waals surface area contributed by atoms with Crippen LogP contribution in [0, 0.1) is 0 Å². The fourth-order valence-electron chi connectivity index (χ4n) is 2.26. The first-order valence-corrected chi connectivity index (χ1v) is 6.46. The van der Waals surface area contributed by atoms with Gasteiger partial charge in [0, 0.05) is 0 Å². The van der Waals surface area contributed by atoms with Gasteiger partial charge in [0.15, 0.2) is 6.29 Å². The van der Waals surface area contributed by atoms with Gasteiger partial charge < -0.3 is 4.74 Å². The molecule has 4 nitrogen and oxygen atoms in total. The maximum absolute atomic E-state index is 11.3. The molecular weight excluding hydrogens is 240 g/mol. The number of hydrogen-bond donors (Lipinski definition) is 0. The number of aryl methyl sites for hydroxylation is 1. The third-order valence-electron chi connectivity index (χ3n) is 3.20. The summed E-state index contributed by atoms with van der Waals surface area (Å²) >= 11 is 0. The quantitative estimate of drug-likeness (QED) is 0.775. The summed E-state index contributed by atoms with van der Waals surface area (Å²) in [5, 5.41) is 4.55. The van der Waals surface area contributed by atoms with E-state index in [4.69, 9.17) is 4.74 Å². The summed E-state index contributed by atoms with van der Waals surface area (Å²) in [4.78, 5) is 11.3. The molecule has 0 amide bonds. The topological polar surface area (TPSA) is 44.1 Å². The third kappa shape index (κ3) is 2.26. The number of rotatable bonds is 5. The van der Waals surface area contributed by atoms with Crippen molar-refractivity contribution in [2.45, 2.75) is 26.7 Å². The summed E-state index contributed by atoms with van der Waals surface area (Å²) in [6.45, 7) is 4.02. The molecule has 4 heteroatoms. The van der Waals surface area contributed by atoms with Crippen molar-refractivity contribution in [3.05, 3.63) is 41.2 Å². The molecule has 0 radical (unpaired) electrons. The van der Waals surface area contributed by atoms with E-state index < -0.39 is 0 Å². The second kappa shape index (κ2) is 5.69. The zero-order chi connectivity index (χ0) is 13.8. The average molecular weight is 258 g/mol. The molecule has 0 saturated heterocycles. The maximum atomic E-state index is 11.3. The lowest BCUT2D eigenvalue weighted by Gasteiger charge is -2.10. The van der Waals surface area contributed by atoms with Crippen LogP contribution in [-0.2, 0) is 12.8 Å². The van der Waals surface area contributed by atoms with Gasteiger partial charge in [-0.15, -0.1) is 0 Å². The Balaban J connectivity index is 2.68. The third-order valence-corrected chi connectivity index (χ3v) is 3.20. The number of nitrogens with zero attached hydrogens (tertiary/aromatic N) is 2. The molecule has 0 aliphatic heterocycles. The van der Waals surface area contributed by atoms with E-state index in [1.807, 2.05) is 42.8 Å². The average Bonchev–Trinajstić information content (AvgIpc) is 2.84. The maximum Gasteiger partial charge on any atom is 0.153 e. The van der Waals surface area contributed by atoms with Crippen molar-refractivity contribution >= 4 is 6.29 Å². The number of aldehydes is 1. The molecule has 0 aliphatic rings. The number of benzene rings is 1. The summed E-state index contributed by atoms with van der Waals surface area (Å²) in [5.74, 6) is 0.750. The van der Waals surface area contributed by atoms with E-state index in [1.54, 1.807) is 7.11 Å². The number of methoxy groups -OCH3 is 1. The van der Waals surface area contributed by atoms with Gasteiger partial charge in [-0.3, -0.25) is 4.79 Å². The SMILES string of the molecule is CCc1nn(-c2ccccc2OC)c(CC)c1C=O. The lowest BCUT2D eigenvalue weighted by molar-refractivity contribution is 0.112. The second-order valence-electron chi connectivity index (χ2n) is 4.22. The molecule has 0 spiro atoms. The normalized spacial score (nSPS) is 10.5. The molecule has 0 aliphatic carbocycles. The van der Waals surface area contributed by atoms with Gasteiger partial charge in [0.05, 0.1) is 24.1 Å². The molecule has 0 unspecified atom stereocenters. The fraction of sp³-hybridized carbons (Fsp3) is 0.333. The Bertz CT molecular complexity index is 588. The Morgan fingerprint density at radius 3 is 2.58 bits per heavy atom. The van der Waals surface area contributed by atoms with Gasteiger partial charge in [-0.25, -0.2) is 4.68 Å². The first-order chi connectivity index (χ1) is 9.26. The molecule has 2 aromatic rings. The molecule has 0 atom stereocenters. The zero-order valence-corrected chi connectivity index (χ0v) is 11.5. The molecule has 1 heterocycles. The van der Waals surface area contributed by atoms with Gasteiger partial charge in [-0.05, 0) is 25.0 Å². The Hall–Kier alpha value is -2.10. The largest absolute Gasteiger partial charge is 0.494 e. The van der Waals surface area contributed by atoms with Crippen LogP contribution < -0.4 is 4.74 Å². The molecule has 1 aromatic carbocycles. The molecular formula is C15H18N2O2. The Morgan fingerprint density at radius 1 is 1.26 bits per heavy atom. The number of carbonyl (C=O) groups is 1. The van der Waals surface area contributed by atoms with E-state index in [0.717, 1.165) is 42.0 Å². The van der Waals surface area contributed by atoms with E-state index >= 15 is 0 Å².